The van der Waals surface area contributed by atoms with Gasteiger partial charge in [-0.1, -0.05) is 0 Å². The van der Waals surface area contributed by atoms with E-state index >= 15 is 0 Å². The van der Waals surface area contributed by atoms with Crippen molar-refractivity contribution in [2.24, 2.45) is 11.7 Å². The van der Waals surface area contributed by atoms with Crippen molar-refractivity contribution in [2.45, 2.75) is 13.3 Å². The van der Waals surface area contributed by atoms with E-state index in [0.29, 0.717) is 12.4 Å². The number of amides is 2. The number of H-pyrrole nitrogens is 1. The number of nitrogens with two attached hydrogens (primary N) is 1. The van der Waals surface area contributed by atoms with Crippen LogP contribution in [0.15, 0.2) is 24.3 Å². The first-order valence-electron chi connectivity index (χ1n) is 6.63. The quantitative estimate of drug-likeness (QED) is 0.862. The van der Waals surface area contributed by atoms with Gasteiger partial charge in [0.05, 0.1) is 5.92 Å². The lowest BCUT2D eigenvalue weighted by Gasteiger charge is -2.16. The number of aromatic nitrogens is 3. The highest BCUT2D eigenvalue weighted by molar-refractivity contribution is 6.00. The molecule has 1 aromatic carbocycles. The van der Waals surface area contributed by atoms with Gasteiger partial charge in [0.2, 0.25) is 11.8 Å². The van der Waals surface area contributed by atoms with Crippen LogP contribution in [-0.4, -0.2) is 33.5 Å². The number of anilines is 1. The summed E-state index contributed by atoms with van der Waals surface area (Å²) in [6, 6.07) is 7.34. The number of nitrogens with one attached hydrogen (secondary N) is 1. The summed E-state index contributed by atoms with van der Waals surface area (Å²) < 4.78 is 0. The van der Waals surface area contributed by atoms with Crippen LogP contribution < -0.4 is 10.6 Å². The first-order chi connectivity index (χ1) is 10.0. The van der Waals surface area contributed by atoms with Gasteiger partial charge in [-0.3, -0.25) is 14.7 Å². The Morgan fingerprint density at radius 1 is 1.38 bits per heavy atom. The zero-order chi connectivity index (χ0) is 15.0. The van der Waals surface area contributed by atoms with Crippen molar-refractivity contribution < 1.29 is 9.59 Å². The molecule has 1 aliphatic rings. The Bertz CT molecular complexity index is 692. The number of carbonyl (C=O) groups is 2. The Balaban J connectivity index is 1.81. The minimum atomic E-state index is -0.432. The molecule has 0 radical (unpaired) electrons. The zero-order valence-corrected chi connectivity index (χ0v) is 11.5. The lowest BCUT2D eigenvalue weighted by molar-refractivity contribution is -0.123. The van der Waals surface area contributed by atoms with Gasteiger partial charge in [-0.15, -0.1) is 0 Å². The summed E-state index contributed by atoms with van der Waals surface area (Å²) in [5.74, 6) is 0.432. The Kier molecular flexibility index (Phi) is 3.17. The number of hydrogen-bond donors (Lipinski definition) is 2. The first-order valence-corrected chi connectivity index (χ1v) is 6.63. The summed E-state index contributed by atoms with van der Waals surface area (Å²) in [4.78, 5) is 29.0. The Morgan fingerprint density at radius 2 is 2.10 bits per heavy atom. The molecule has 7 nitrogen and oxygen atoms in total. The molecule has 0 bridgehead atoms. The molecular weight excluding hydrogens is 270 g/mol. The monoisotopic (exact) mass is 285 g/mol. The molecule has 0 saturated carbocycles. The van der Waals surface area contributed by atoms with E-state index < -0.39 is 11.8 Å². The van der Waals surface area contributed by atoms with E-state index in [-0.39, 0.29) is 12.3 Å². The summed E-state index contributed by atoms with van der Waals surface area (Å²) in [7, 11) is 0. The fraction of sp³-hybridized carbons (Fsp3) is 0.286. The number of rotatable bonds is 3. The summed E-state index contributed by atoms with van der Waals surface area (Å²) in [5, 5.41) is 6.87. The van der Waals surface area contributed by atoms with Crippen LogP contribution in [0.25, 0.3) is 11.4 Å². The lowest BCUT2D eigenvalue weighted by Crippen LogP contribution is -2.28. The second kappa shape index (κ2) is 5.01. The molecule has 0 aliphatic carbocycles. The van der Waals surface area contributed by atoms with E-state index in [1.54, 1.807) is 4.90 Å². The maximum Gasteiger partial charge on any atom is 0.227 e. The molecular formula is C14H15N5O2. The average molecular weight is 285 g/mol. The number of primary amides is 1. The topological polar surface area (TPSA) is 105 Å². The van der Waals surface area contributed by atoms with Gasteiger partial charge in [0.1, 0.15) is 5.82 Å². The highest BCUT2D eigenvalue weighted by Crippen LogP contribution is 2.26. The predicted molar refractivity (Wildman–Crippen MR) is 76.2 cm³/mol. The van der Waals surface area contributed by atoms with Crippen molar-refractivity contribution in [2.75, 3.05) is 11.4 Å². The van der Waals surface area contributed by atoms with Crippen LogP contribution in [0.4, 0.5) is 5.69 Å². The minimum Gasteiger partial charge on any atom is -0.369 e. The minimum absolute atomic E-state index is 0.0831. The highest BCUT2D eigenvalue weighted by atomic mass is 16.2. The van der Waals surface area contributed by atoms with Crippen LogP contribution >= 0.6 is 0 Å². The SMILES string of the molecule is Cc1nc(-c2ccc(N3CC(C(N)=O)CC3=O)cc2)n[nH]1. The van der Waals surface area contributed by atoms with Crippen LogP contribution in [-0.2, 0) is 9.59 Å². The normalized spacial score (nSPS) is 18.2. The molecule has 21 heavy (non-hydrogen) atoms. The summed E-state index contributed by atoms with van der Waals surface area (Å²) >= 11 is 0. The van der Waals surface area contributed by atoms with Crippen LogP contribution in [0.1, 0.15) is 12.2 Å². The van der Waals surface area contributed by atoms with E-state index in [1.165, 1.54) is 0 Å². The van der Waals surface area contributed by atoms with Crippen molar-refractivity contribution in [1.82, 2.24) is 15.2 Å². The maximum absolute atomic E-state index is 11.9. The van der Waals surface area contributed by atoms with Crippen molar-refractivity contribution in [3.05, 3.63) is 30.1 Å². The molecule has 108 valence electrons. The third-order valence-electron chi connectivity index (χ3n) is 3.56. The number of aryl methyl sites for hydroxylation is 1. The Labute approximate surface area is 121 Å². The second-order valence-electron chi connectivity index (χ2n) is 5.10. The van der Waals surface area contributed by atoms with E-state index in [4.69, 9.17) is 5.73 Å². The average Bonchev–Trinajstić information content (AvgIpc) is 3.05. The standard InChI is InChI=1S/C14H15N5O2/c1-8-16-14(18-17-8)9-2-4-11(5-3-9)19-7-10(13(15)21)6-12(19)20/h2-5,10H,6-7H2,1H3,(H2,15,21)(H,16,17,18). The Hall–Kier alpha value is -2.70. The molecule has 3 N–H and O–H groups in total. The van der Waals surface area contributed by atoms with Gasteiger partial charge < -0.3 is 10.6 Å². The first kappa shape index (κ1) is 13.3. The lowest BCUT2D eigenvalue weighted by atomic mass is 10.1. The van der Waals surface area contributed by atoms with Gasteiger partial charge in [0, 0.05) is 24.2 Å². The van der Waals surface area contributed by atoms with Crippen LogP contribution in [0.2, 0.25) is 0 Å². The van der Waals surface area contributed by atoms with E-state index in [2.05, 4.69) is 15.2 Å². The predicted octanol–water partition coefficient (Wildman–Crippen LogP) is 0.618. The number of hydrogen-bond acceptors (Lipinski definition) is 4. The molecule has 1 aromatic heterocycles. The second-order valence-corrected chi connectivity index (χ2v) is 5.10. The van der Waals surface area contributed by atoms with Crippen molar-refractivity contribution in [3.63, 3.8) is 0 Å². The molecule has 7 heteroatoms. The van der Waals surface area contributed by atoms with Gasteiger partial charge in [0.25, 0.3) is 0 Å². The highest BCUT2D eigenvalue weighted by Gasteiger charge is 2.33. The summed E-state index contributed by atoms with van der Waals surface area (Å²) in [5.41, 5.74) is 6.88. The molecule has 1 saturated heterocycles. The van der Waals surface area contributed by atoms with Gasteiger partial charge >= 0.3 is 0 Å². The molecule has 2 aromatic rings. The van der Waals surface area contributed by atoms with Crippen LogP contribution in [0.3, 0.4) is 0 Å². The van der Waals surface area contributed by atoms with Crippen LogP contribution in [0, 0.1) is 12.8 Å². The third-order valence-corrected chi connectivity index (χ3v) is 3.56. The molecule has 3 rings (SSSR count). The van der Waals surface area contributed by atoms with Crippen molar-refractivity contribution in [3.8, 4) is 11.4 Å². The third kappa shape index (κ3) is 2.49. The molecule has 1 fully saturated rings. The number of carbonyl (C=O) groups excluding carboxylic acids is 2. The molecule has 1 unspecified atom stereocenters. The maximum atomic E-state index is 11.9. The number of aromatic amines is 1. The largest absolute Gasteiger partial charge is 0.369 e. The van der Waals surface area contributed by atoms with E-state index in [9.17, 15) is 9.59 Å². The van der Waals surface area contributed by atoms with Gasteiger partial charge in [-0.25, -0.2) is 4.98 Å². The Morgan fingerprint density at radius 3 is 2.62 bits per heavy atom. The molecule has 2 heterocycles. The number of nitrogens with zero attached hydrogens (tertiary/aromatic N) is 3. The fourth-order valence-electron chi connectivity index (χ4n) is 2.41. The summed E-state index contributed by atoms with van der Waals surface area (Å²) in [6.45, 7) is 2.17. The van der Waals surface area contributed by atoms with E-state index in [0.717, 1.165) is 17.1 Å². The van der Waals surface area contributed by atoms with Crippen molar-refractivity contribution in [1.29, 1.82) is 0 Å². The van der Waals surface area contributed by atoms with Crippen LogP contribution in [0.5, 0.6) is 0 Å². The van der Waals surface area contributed by atoms with Gasteiger partial charge in [0.15, 0.2) is 5.82 Å². The summed E-state index contributed by atoms with van der Waals surface area (Å²) in [6.07, 6.45) is 0.178. The van der Waals surface area contributed by atoms with E-state index in [1.807, 2.05) is 31.2 Å². The molecule has 1 aliphatic heterocycles. The molecule has 0 spiro atoms. The van der Waals surface area contributed by atoms with Crippen molar-refractivity contribution >= 4 is 17.5 Å². The fourth-order valence-corrected chi connectivity index (χ4v) is 2.41. The zero-order valence-electron chi connectivity index (χ0n) is 11.5. The smallest absolute Gasteiger partial charge is 0.227 e. The molecule has 1 atom stereocenters. The van der Waals surface area contributed by atoms with Gasteiger partial charge in [-0.05, 0) is 31.2 Å². The number of benzene rings is 1. The van der Waals surface area contributed by atoms with Gasteiger partial charge in [-0.2, -0.15) is 5.10 Å². The molecule has 2 amide bonds.